The predicted molar refractivity (Wildman–Crippen MR) is 76.6 cm³/mol. The van der Waals surface area contributed by atoms with Gasteiger partial charge in [0.05, 0.1) is 11.5 Å². The Hall–Kier alpha value is -0.430. The van der Waals surface area contributed by atoms with Gasteiger partial charge in [0.2, 0.25) is 10.0 Å². The molecular formula is C13H21NO3S2. The molecule has 0 bridgehead atoms. The number of aliphatic hydroxyl groups is 1. The molecule has 0 spiro atoms. The molecule has 2 N–H and O–H groups in total. The third-order valence-electron chi connectivity index (χ3n) is 3.84. The molecule has 1 heterocycles. The minimum Gasteiger partial charge on any atom is -0.391 e. The molecule has 0 radical (unpaired) electrons. The second kappa shape index (κ2) is 6.35. The van der Waals surface area contributed by atoms with E-state index in [9.17, 15) is 8.42 Å². The molecule has 1 aromatic rings. The molecule has 6 heteroatoms. The van der Waals surface area contributed by atoms with Crippen molar-refractivity contribution in [1.82, 2.24) is 4.72 Å². The highest BCUT2D eigenvalue weighted by molar-refractivity contribution is 7.89. The first-order chi connectivity index (χ1) is 9.06. The number of hydrogen-bond acceptors (Lipinski definition) is 4. The molecule has 0 aliphatic heterocycles. The summed E-state index contributed by atoms with van der Waals surface area (Å²) in [6, 6.07) is 1.61. The van der Waals surface area contributed by atoms with E-state index in [1.807, 2.05) is 0 Å². The van der Waals surface area contributed by atoms with Gasteiger partial charge < -0.3 is 5.11 Å². The lowest BCUT2D eigenvalue weighted by Crippen LogP contribution is -2.41. The van der Waals surface area contributed by atoms with Crippen LogP contribution in [0.25, 0.3) is 0 Å². The summed E-state index contributed by atoms with van der Waals surface area (Å²) in [7, 11) is -3.44. The van der Waals surface area contributed by atoms with Crippen molar-refractivity contribution < 1.29 is 13.5 Å². The third kappa shape index (κ3) is 3.56. The van der Waals surface area contributed by atoms with E-state index in [2.05, 4.69) is 11.6 Å². The average Bonchev–Trinajstić information content (AvgIpc) is 2.88. The van der Waals surface area contributed by atoms with Crippen LogP contribution < -0.4 is 4.72 Å². The van der Waals surface area contributed by atoms with Gasteiger partial charge in [-0.05, 0) is 24.8 Å². The number of nitrogens with one attached hydrogen (secondary N) is 1. The highest BCUT2D eigenvalue weighted by Crippen LogP contribution is 2.28. The Morgan fingerprint density at radius 2 is 2.16 bits per heavy atom. The standard InChI is InChI=1S/C13H21NO3S2/c1-2-10-5-3-4-6-13(10)14-19(16,17)12-7-11(8-15)18-9-12/h7,9-10,13-15H,2-6,8H2,1H3. The van der Waals surface area contributed by atoms with Gasteiger partial charge in [-0.2, -0.15) is 0 Å². The zero-order chi connectivity index (χ0) is 13.9. The van der Waals surface area contributed by atoms with E-state index >= 15 is 0 Å². The van der Waals surface area contributed by atoms with Crippen molar-refractivity contribution in [2.45, 2.75) is 56.6 Å². The van der Waals surface area contributed by atoms with Crippen molar-refractivity contribution >= 4 is 21.4 Å². The van der Waals surface area contributed by atoms with E-state index in [-0.39, 0.29) is 17.5 Å². The second-order valence-corrected chi connectivity index (χ2v) is 7.80. The molecule has 0 amide bonds. The Morgan fingerprint density at radius 1 is 1.42 bits per heavy atom. The van der Waals surface area contributed by atoms with Crippen LogP contribution >= 0.6 is 11.3 Å². The van der Waals surface area contributed by atoms with Crippen molar-refractivity contribution in [2.75, 3.05) is 0 Å². The van der Waals surface area contributed by atoms with Crippen LogP contribution in [0.5, 0.6) is 0 Å². The fourth-order valence-electron chi connectivity index (χ4n) is 2.70. The van der Waals surface area contributed by atoms with Gasteiger partial charge >= 0.3 is 0 Å². The minimum atomic E-state index is -3.44. The van der Waals surface area contributed by atoms with Gasteiger partial charge in [0, 0.05) is 16.3 Å². The van der Waals surface area contributed by atoms with E-state index in [4.69, 9.17) is 5.11 Å². The average molecular weight is 303 g/mol. The van der Waals surface area contributed by atoms with Gasteiger partial charge in [0.25, 0.3) is 0 Å². The molecule has 2 atom stereocenters. The quantitative estimate of drug-likeness (QED) is 0.878. The molecule has 1 aliphatic rings. The van der Waals surface area contributed by atoms with Crippen LogP contribution in [0.2, 0.25) is 0 Å². The molecule has 1 saturated carbocycles. The predicted octanol–water partition coefficient (Wildman–Crippen LogP) is 2.49. The molecular weight excluding hydrogens is 282 g/mol. The third-order valence-corrected chi connectivity index (χ3v) is 6.38. The van der Waals surface area contributed by atoms with Crippen LogP contribution in [0.15, 0.2) is 16.3 Å². The van der Waals surface area contributed by atoms with E-state index in [1.54, 1.807) is 11.4 Å². The molecule has 4 nitrogen and oxygen atoms in total. The summed E-state index contributed by atoms with van der Waals surface area (Å²) in [6.07, 6.45) is 5.34. The number of hydrogen-bond donors (Lipinski definition) is 2. The van der Waals surface area contributed by atoms with Crippen molar-refractivity contribution in [1.29, 1.82) is 0 Å². The van der Waals surface area contributed by atoms with Crippen LogP contribution in [0.4, 0.5) is 0 Å². The normalized spacial score (nSPS) is 24.5. The summed E-state index contributed by atoms with van der Waals surface area (Å²) in [5.41, 5.74) is 0. The first kappa shape index (κ1) is 15.0. The lowest BCUT2D eigenvalue weighted by Gasteiger charge is -2.31. The molecule has 108 valence electrons. The monoisotopic (exact) mass is 303 g/mol. The molecule has 2 rings (SSSR count). The smallest absolute Gasteiger partial charge is 0.241 e. The lowest BCUT2D eigenvalue weighted by atomic mass is 9.83. The summed E-state index contributed by atoms with van der Waals surface area (Å²) < 4.78 is 27.5. The minimum absolute atomic E-state index is 0.0567. The second-order valence-electron chi connectivity index (χ2n) is 5.09. The molecule has 0 saturated heterocycles. The zero-order valence-electron chi connectivity index (χ0n) is 11.1. The van der Waals surface area contributed by atoms with Crippen LogP contribution in [-0.4, -0.2) is 19.6 Å². The van der Waals surface area contributed by atoms with E-state index in [1.165, 1.54) is 17.8 Å². The lowest BCUT2D eigenvalue weighted by molar-refractivity contribution is 0.282. The Balaban J connectivity index is 2.11. The molecule has 19 heavy (non-hydrogen) atoms. The Labute approximate surface area is 118 Å². The van der Waals surface area contributed by atoms with Gasteiger partial charge in [0.15, 0.2) is 0 Å². The summed E-state index contributed by atoms with van der Waals surface area (Å²) in [5, 5.41) is 10.6. The van der Waals surface area contributed by atoms with Gasteiger partial charge in [-0.25, -0.2) is 13.1 Å². The highest BCUT2D eigenvalue weighted by atomic mass is 32.2. The van der Waals surface area contributed by atoms with Crippen molar-refractivity contribution in [2.24, 2.45) is 5.92 Å². The van der Waals surface area contributed by atoms with Crippen LogP contribution in [0.3, 0.4) is 0 Å². The topological polar surface area (TPSA) is 66.4 Å². The summed E-state index contributed by atoms with van der Waals surface area (Å²) >= 11 is 1.28. The molecule has 1 aromatic heterocycles. The van der Waals surface area contributed by atoms with Gasteiger partial charge in [-0.15, -0.1) is 11.3 Å². The molecule has 1 aliphatic carbocycles. The SMILES string of the molecule is CCC1CCCCC1NS(=O)(=O)c1csc(CO)c1. The largest absolute Gasteiger partial charge is 0.391 e. The van der Waals surface area contributed by atoms with Crippen molar-refractivity contribution in [3.8, 4) is 0 Å². The molecule has 1 fully saturated rings. The Morgan fingerprint density at radius 3 is 2.79 bits per heavy atom. The van der Waals surface area contributed by atoms with Gasteiger partial charge in [0.1, 0.15) is 0 Å². The zero-order valence-corrected chi connectivity index (χ0v) is 12.8. The summed E-state index contributed by atoms with van der Waals surface area (Å²) in [4.78, 5) is 0.957. The number of thiophene rings is 1. The number of rotatable bonds is 5. The fourth-order valence-corrected chi connectivity index (χ4v) is 5.18. The van der Waals surface area contributed by atoms with E-state index < -0.39 is 10.0 Å². The Bertz CT molecular complexity index is 510. The van der Waals surface area contributed by atoms with Gasteiger partial charge in [-0.1, -0.05) is 26.2 Å². The highest BCUT2D eigenvalue weighted by Gasteiger charge is 2.28. The molecule has 0 aromatic carbocycles. The Kier molecular flexibility index (Phi) is 5.00. The first-order valence-corrected chi connectivity index (χ1v) is 9.13. The summed E-state index contributed by atoms with van der Waals surface area (Å²) in [5.74, 6) is 0.444. The summed E-state index contributed by atoms with van der Waals surface area (Å²) in [6.45, 7) is 2.01. The number of sulfonamides is 1. The van der Waals surface area contributed by atoms with E-state index in [0.717, 1.165) is 25.7 Å². The van der Waals surface area contributed by atoms with Crippen molar-refractivity contribution in [3.05, 3.63) is 16.3 Å². The maximum absolute atomic E-state index is 12.3. The van der Waals surface area contributed by atoms with Crippen LogP contribution in [0.1, 0.15) is 43.9 Å². The van der Waals surface area contributed by atoms with Crippen LogP contribution in [0, 0.1) is 5.92 Å². The first-order valence-electron chi connectivity index (χ1n) is 6.77. The van der Waals surface area contributed by atoms with E-state index in [0.29, 0.717) is 10.8 Å². The molecule has 2 unspecified atom stereocenters. The maximum atomic E-state index is 12.3. The van der Waals surface area contributed by atoms with Crippen molar-refractivity contribution in [3.63, 3.8) is 0 Å². The number of aliphatic hydroxyl groups excluding tert-OH is 1. The fraction of sp³-hybridized carbons (Fsp3) is 0.692. The maximum Gasteiger partial charge on any atom is 0.241 e. The van der Waals surface area contributed by atoms with Gasteiger partial charge in [-0.3, -0.25) is 0 Å². The van der Waals surface area contributed by atoms with Crippen LogP contribution in [-0.2, 0) is 16.6 Å².